The minimum Gasteiger partial charge on any atom is -0.383 e. The molecule has 0 fully saturated rings. The van der Waals surface area contributed by atoms with E-state index in [4.69, 9.17) is 16.3 Å². The summed E-state index contributed by atoms with van der Waals surface area (Å²) < 4.78 is 5.16. The fraction of sp³-hybridized carbons (Fsp3) is 0.583. The summed E-state index contributed by atoms with van der Waals surface area (Å²) in [5, 5.41) is 0.737. The van der Waals surface area contributed by atoms with Gasteiger partial charge in [-0.15, -0.1) is 0 Å². The number of hydrogen-bond donors (Lipinski definition) is 0. The maximum Gasteiger partial charge on any atom is 0.0615 e. The van der Waals surface area contributed by atoms with Crippen molar-refractivity contribution < 1.29 is 4.74 Å². The van der Waals surface area contributed by atoms with Crippen LogP contribution in [0.3, 0.4) is 0 Å². The fourth-order valence-corrected chi connectivity index (χ4v) is 1.85. The molecule has 0 aromatic carbocycles. The second kappa shape index (κ2) is 6.84. The average molecular weight is 243 g/mol. The zero-order valence-electron chi connectivity index (χ0n) is 10.1. The summed E-state index contributed by atoms with van der Waals surface area (Å²) in [5.41, 5.74) is 0.998. The lowest BCUT2D eigenvalue weighted by Gasteiger charge is -2.26. The first kappa shape index (κ1) is 13.4. The zero-order chi connectivity index (χ0) is 12.0. The first-order valence-electron chi connectivity index (χ1n) is 5.50. The summed E-state index contributed by atoms with van der Waals surface area (Å²) in [4.78, 5) is 6.61. The quantitative estimate of drug-likeness (QED) is 0.767. The zero-order valence-corrected chi connectivity index (χ0v) is 10.9. The first-order chi connectivity index (χ1) is 7.67. The predicted octanol–water partition coefficient (Wildman–Crippen LogP) is 2.59. The summed E-state index contributed by atoms with van der Waals surface area (Å²) in [7, 11) is 1.72. The molecule has 3 nitrogen and oxygen atoms in total. The normalized spacial score (nSPS) is 13.1. The van der Waals surface area contributed by atoms with Crippen LogP contribution in [0, 0.1) is 0 Å². The lowest BCUT2D eigenvalue weighted by Crippen LogP contribution is -2.35. The number of pyridine rings is 1. The highest BCUT2D eigenvalue weighted by Gasteiger charge is 2.12. The fourth-order valence-electron chi connectivity index (χ4n) is 1.67. The van der Waals surface area contributed by atoms with Crippen LogP contribution in [0.2, 0.25) is 5.02 Å². The third-order valence-corrected chi connectivity index (χ3v) is 2.82. The van der Waals surface area contributed by atoms with Gasteiger partial charge >= 0.3 is 0 Å². The number of likely N-dealkylation sites (N-methyl/N-ethyl adjacent to an activating group) is 1. The molecule has 0 amide bonds. The third-order valence-electron chi connectivity index (χ3n) is 2.58. The van der Waals surface area contributed by atoms with Crippen LogP contribution in [0.15, 0.2) is 18.3 Å². The van der Waals surface area contributed by atoms with Gasteiger partial charge in [0.25, 0.3) is 0 Å². The SMILES string of the molecule is CCN(Cc1cc(Cl)ccn1)C(C)COC. The molecule has 1 atom stereocenters. The second-order valence-electron chi connectivity index (χ2n) is 3.83. The van der Waals surface area contributed by atoms with E-state index in [1.165, 1.54) is 0 Å². The van der Waals surface area contributed by atoms with E-state index in [-0.39, 0.29) is 0 Å². The molecule has 0 aliphatic heterocycles. The Morgan fingerprint density at radius 2 is 2.31 bits per heavy atom. The van der Waals surface area contributed by atoms with Gasteiger partial charge in [-0.2, -0.15) is 0 Å². The van der Waals surface area contributed by atoms with Crippen molar-refractivity contribution in [2.75, 3.05) is 20.3 Å². The molecule has 0 N–H and O–H groups in total. The van der Waals surface area contributed by atoms with Crippen molar-refractivity contribution >= 4 is 11.6 Å². The van der Waals surface area contributed by atoms with E-state index in [9.17, 15) is 0 Å². The predicted molar refractivity (Wildman–Crippen MR) is 66.7 cm³/mol. The highest BCUT2D eigenvalue weighted by molar-refractivity contribution is 6.30. The van der Waals surface area contributed by atoms with E-state index in [0.29, 0.717) is 6.04 Å². The first-order valence-corrected chi connectivity index (χ1v) is 5.88. The molecule has 0 spiro atoms. The molecule has 1 rings (SSSR count). The van der Waals surface area contributed by atoms with E-state index >= 15 is 0 Å². The molecular formula is C12H19ClN2O. The van der Waals surface area contributed by atoms with Crippen molar-refractivity contribution in [2.45, 2.75) is 26.4 Å². The maximum absolute atomic E-state index is 5.93. The van der Waals surface area contributed by atoms with Crippen molar-refractivity contribution in [3.63, 3.8) is 0 Å². The third kappa shape index (κ3) is 4.08. The Hall–Kier alpha value is -0.640. The van der Waals surface area contributed by atoms with Gasteiger partial charge in [0.2, 0.25) is 0 Å². The summed E-state index contributed by atoms with van der Waals surface area (Å²) in [6, 6.07) is 4.08. The Labute approximate surface area is 102 Å². The van der Waals surface area contributed by atoms with E-state index in [1.807, 2.05) is 6.07 Å². The molecule has 16 heavy (non-hydrogen) atoms. The number of aromatic nitrogens is 1. The number of rotatable bonds is 6. The minimum absolute atomic E-state index is 0.385. The molecule has 0 saturated heterocycles. The van der Waals surface area contributed by atoms with Crippen molar-refractivity contribution in [3.8, 4) is 0 Å². The van der Waals surface area contributed by atoms with Gasteiger partial charge in [-0.1, -0.05) is 18.5 Å². The van der Waals surface area contributed by atoms with Gasteiger partial charge in [-0.3, -0.25) is 9.88 Å². The number of ether oxygens (including phenoxy) is 1. The second-order valence-corrected chi connectivity index (χ2v) is 4.27. The Kier molecular flexibility index (Phi) is 5.74. The van der Waals surface area contributed by atoms with Crippen molar-refractivity contribution in [2.24, 2.45) is 0 Å². The average Bonchev–Trinajstić information content (AvgIpc) is 2.26. The lowest BCUT2D eigenvalue weighted by molar-refractivity contribution is 0.0974. The summed E-state index contributed by atoms with van der Waals surface area (Å²) >= 11 is 5.93. The number of nitrogens with zero attached hydrogens (tertiary/aromatic N) is 2. The Morgan fingerprint density at radius 3 is 2.88 bits per heavy atom. The topological polar surface area (TPSA) is 25.4 Å². The maximum atomic E-state index is 5.93. The van der Waals surface area contributed by atoms with E-state index < -0.39 is 0 Å². The molecule has 0 aliphatic rings. The largest absolute Gasteiger partial charge is 0.383 e. The van der Waals surface area contributed by atoms with Crippen molar-refractivity contribution in [1.82, 2.24) is 9.88 Å². The minimum atomic E-state index is 0.385. The Balaban J connectivity index is 2.62. The standard InChI is InChI=1S/C12H19ClN2O/c1-4-15(10(2)9-16-3)8-12-7-11(13)5-6-14-12/h5-7,10H,4,8-9H2,1-3H3. The van der Waals surface area contributed by atoms with Gasteiger partial charge in [0, 0.05) is 30.9 Å². The lowest BCUT2D eigenvalue weighted by atomic mass is 10.2. The molecule has 1 aromatic rings. The van der Waals surface area contributed by atoms with Gasteiger partial charge in [0.05, 0.1) is 12.3 Å². The van der Waals surface area contributed by atoms with Crippen LogP contribution in [0.5, 0.6) is 0 Å². The van der Waals surface area contributed by atoms with Gasteiger partial charge in [0.15, 0.2) is 0 Å². The Bertz CT molecular complexity index is 320. The molecule has 0 saturated carbocycles. The highest BCUT2D eigenvalue weighted by Crippen LogP contribution is 2.11. The van der Waals surface area contributed by atoms with Crippen molar-refractivity contribution in [3.05, 3.63) is 29.0 Å². The van der Waals surface area contributed by atoms with E-state index in [1.54, 1.807) is 19.4 Å². The monoisotopic (exact) mass is 242 g/mol. The van der Waals surface area contributed by atoms with Gasteiger partial charge in [-0.25, -0.2) is 0 Å². The van der Waals surface area contributed by atoms with E-state index in [0.717, 1.165) is 30.4 Å². The molecule has 0 bridgehead atoms. The summed E-state index contributed by atoms with van der Waals surface area (Å²) in [6.07, 6.45) is 1.74. The number of methoxy groups -OCH3 is 1. The smallest absolute Gasteiger partial charge is 0.0615 e. The van der Waals surface area contributed by atoms with Crippen LogP contribution in [-0.2, 0) is 11.3 Å². The number of halogens is 1. The van der Waals surface area contributed by atoms with Crippen LogP contribution in [0.4, 0.5) is 0 Å². The summed E-state index contributed by atoms with van der Waals surface area (Å²) in [6.45, 7) is 6.79. The summed E-state index contributed by atoms with van der Waals surface area (Å²) in [5.74, 6) is 0. The molecule has 1 aromatic heterocycles. The van der Waals surface area contributed by atoms with Crippen LogP contribution in [-0.4, -0.2) is 36.2 Å². The van der Waals surface area contributed by atoms with Crippen LogP contribution in [0.25, 0.3) is 0 Å². The van der Waals surface area contributed by atoms with Crippen molar-refractivity contribution in [1.29, 1.82) is 0 Å². The van der Waals surface area contributed by atoms with Crippen LogP contribution >= 0.6 is 11.6 Å². The molecule has 90 valence electrons. The molecule has 1 unspecified atom stereocenters. The molecular weight excluding hydrogens is 224 g/mol. The van der Waals surface area contributed by atoms with E-state index in [2.05, 4.69) is 23.7 Å². The number of hydrogen-bond acceptors (Lipinski definition) is 3. The Morgan fingerprint density at radius 1 is 1.56 bits per heavy atom. The van der Waals surface area contributed by atoms with Crippen LogP contribution in [0.1, 0.15) is 19.5 Å². The highest BCUT2D eigenvalue weighted by atomic mass is 35.5. The van der Waals surface area contributed by atoms with Crippen LogP contribution < -0.4 is 0 Å². The van der Waals surface area contributed by atoms with Gasteiger partial charge < -0.3 is 4.74 Å². The molecule has 4 heteroatoms. The molecule has 0 aliphatic carbocycles. The van der Waals surface area contributed by atoms with Gasteiger partial charge in [0.1, 0.15) is 0 Å². The molecule has 0 radical (unpaired) electrons. The van der Waals surface area contributed by atoms with Gasteiger partial charge in [-0.05, 0) is 25.6 Å². The molecule has 1 heterocycles.